The first-order valence-electron chi connectivity index (χ1n) is 8.85. The molecule has 0 unspecified atom stereocenters. The second-order valence-electron chi connectivity index (χ2n) is 6.41. The highest BCUT2D eigenvalue weighted by Gasteiger charge is 2.12. The molecule has 27 heavy (non-hydrogen) atoms. The first kappa shape index (κ1) is 18.9. The number of nitrogens with one attached hydrogen (secondary N) is 1. The van der Waals surface area contributed by atoms with E-state index in [0.29, 0.717) is 11.7 Å². The first-order valence-corrected chi connectivity index (χ1v) is 9.22. The fourth-order valence-electron chi connectivity index (χ4n) is 2.86. The van der Waals surface area contributed by atoms with Gasteiger partial charge in [0, 0.05) is 11.6 Å². The standard InChI is InChI=1S/C22H22ClN3O/c1-16(19-11-7-4-8-12-19)24-21(27)14-13-20-17(2)25-26(22(20)23)15-18-9-5-3-6-10-18/h3-14,16H,15H2,1-2H3,(H,24,27)/b14-13+/t16-/m1/s1. The maximum absolute atomic E-state index is 12.3. The van der Waals surface area contributed by atoms with Gasteiger partial charge >= 0.3 is 0 Å². The molecule has 3 rings (SSSR count). The number of rotatable bonds is 6. The van der Waals surface area contributed by atoms with E-state index in [1.165, 1.54) is 6.08 Å². The number of halogens is 1. The Morgan fingerprint density at radius 3 is 2.44 bits per heavy atom. The Kier molecular flexibility index (Phi) is 6.09. The van der Waals surface area contributed by atoms with Gasteiger partial charge in [0.1, 0.15) is 5.15 Å². The summed E-state index contributed by atoms with van der Waals surface area (Å²) in [5, 5.41) is 7.97. The normalized spacial score (nSPS) is 12.3. The highest BCUT2D eigenvalue weighted by molar-refractivity contribution is 6.31. The molecule has 4 nitrogen and oxygen atoms in total. The van der Waals surface area contributed by atoms with Crippen molar-refractivity contribution < 1.29 is 4.79 Å². The SMILES string of the molecule is Cc1nn(Cc2ccccc2)c(Cl)c1/C=C/C(=O)N[C@H](C)c1ccccc1. The van der Waals surface area contributed by atoms with Crippen molar-refractivity contribution in [3.63, 3.8) is 0 Å². The van der Waals surface area contributed by atoms with Gasteiger partial charge < -0.3 is 5.32 Å². The van der Waals surface area contributed by atoms with E-state index in [1.54, 1.807) is 10.8 Å². The van der Waals surface area contributed by atoms with E-state index in [1.807, 2.05) is 74.5 Å². The molecule has 1 atom stereocenters. The van der Waals surface area contributed by atoms with Crippen molar-refractivity contribution in [2.45, 2.75) is 26.4 Å². The molecule has 1 amide bonds. The molecule has 1 heterocycles. The lowest BCUT2D eigenvalue weighted by atomic mass is 10.1. The van der Waals surface area contributed by atoms with Crippen LogP contribution in [0.3, 0.4) is 0 Å². The van der Waals surface area contributed by atoms with Crippen molar-refractivity contribution >= 4 is 23.6 Å². The molecular formula is C22H22ClN3O. The van der Waals surface area contributed by atoms with E-state index in [4.69, 9.17) is 11.6 Å². The van der Waals surface area contributed by atoms with Crippen molar-refractivity contribution in [1.29, 1.82) is 0 Å². The van der Waals surface area contributed by atoms with E-state index in [0.717, 1.165) is 22.4 Å². The Balaban J connectivity index is 1.69. The van der Waals surface area contributed by atoms with Crippen LogP contribution < -0.4 is 5.32 Å². The van der Waals surface area contributed by atoms with E-state index in [-0.39, 0.29) is 11.9 Å². The zero-order valence-corrected chi connectivity index (χ0v) is 16.1. The van der Waals surface area contributed by atoms with Gasteiger partial charge in [-0.05, 0) is 31.1 Å². The Bertz CT molecular complexity index is 933. The number of aryl methyl sites for hydroxylation is 1. The van der Waals surface area contributed by atoms with E-state index < -0.39 is 0 Å². The molecule has 0 fully saturated rings. The molecule has 0 spiro atoms. The average molecular weight is 380 g/mol. The summed E-state index contributed by atoms with van der Waals surface area (Å²) in [7, 11) is 0. The minimum absolute atomic E-state index is 0.0688. The van der Waals surface area contributed by atoms with Crippen LogP contribution in [0, 0.1) is 6.92 Å². The molecule has 2 aromatic carbocycles. The van der Waals surface area contributed by atoms with Crippen LogP contribution in [-0.2, 0) is 11.3 Å². The molecule has 0 aliphatic carbocycles. The molecule has 3 aromatic rings. The van der Waals surface area contributed by atoms with Gasteiger partial charge in [0.25, 0.3) is 0 Å². The van der Waals surface area contributed by atoms with Crippen LogP contribution in [0.1, 0.15) is 35.3 Å². The van der Waals surface area contributed by atoms with Crippen LogP contribution in [-0.4, -0.2) is 15.7 Å². The monoisotopic (exact) mass is 379 g/mol. The fraction of sp³-hybridized carbons (Fsp3) is 0.182. The van der Waals surface area contributed by atoms with Gasteiger partial charge in [0.15, 0.2) is 0 Å². The van der Waals surface area contributed by atoms with Crippen molar-refractivity contribution in [3.05, 3.63) is 94.3 Å². The quantitative estimate of drug-likeness (QED) is 0.626. The van der Waals surface area contributed by atoms with Crippen LogP contribution in [0.15, 0.2) is 66.7 Å². The van der Waals surface area contributed by atoms with Crippen LogP contribution in [0.25, 0.3) is 6.08 Å². The third kappa shape index (κ3) is 4.86. The summed E-state index contributed by atoms with van der Waals surface area (Å²) in [4.78, 5) is 12.3. The summed E-state index contributed by atoms with van der Waals surface area (Å²) in [5.74, 6) is -0.169. The molecular weight excluding hydrogens is 358 g/mol. The van der Waals surface area contributed by atoms with E-state index in [9.17, 15) is 4.79 Å². The van der Waals surface area contributed by atoms with Crippen LogP contribution >= 0.6 is 11.6 Å². The topological polar surface area (TPSA) is 46.9 Å². The van der Waals surface area contributed by atoms with Crippen molar-refractivity contribution in [1.82, 2.24) is 15.1 Å². The number of hydrogen-bond donors (Lipinski definition) is 1. The summed E-state index contributed by atoms with van der Waals surface area (Å²) in [6.07, 6.45) is 3.22. The second kappa shape index (κ2) is 8.69. The predicted octanol–water partition coefficient (Wildman–Crippen LogP) is 4.78. The third-order valence-corrected chi connectivity index (χ3v) is 4.74. The molecule has 1 aromatic heterocycles. The Hall–Kier alpha value is -2.85. The predicted molar refractivity (Wildman–Crippen MR) is 110 cm³/mol. The van der Waals surface area contributed by atoms with Gasteiger partial charge in [0.2, 0.25) is 5.91 Å². The Morgan fingerprint density at radius 2 is 1.78 bits per heavy atom. The molecule has 0 saturated carbocycles. The highest BCUT2D eigenvalue weighted by Crippen LogP contribution is 2.22. The van der Waals surface area contributed by atoms with Gasteiger partial charge in [-0.3, -0.25) is 4.79 Å². The van der Waals surface area contributed by atoms with Gasteiger partial charge in [0.05, 0.1) is 18.3 Å². The largest absolute Gasteiger partial charge is 0.346 e. The van der Waals surface area contributed by atoms with Crippen molar-refractivity contribution in [2.24, 2.45) is 0 Å². The summed E-state index contributed by atoms with van der Waals surface area (Å²) < 4.78 is 1.75. The zero-order valence-electron chi connectivity index (χ0n) is 15.4. The minimum atomic E-state index is -0.169. The Morgan fingerprint density at radius 1 is 1.15 bits per heavy atom. The number of carbonyl (C=O) groups is 1. The summed E-state index contributed by atoms with van der Waals surface area (Å²) >= 11 is 6.48. The van der Waals surface area contributed by atoms with Crippen LogP contribution in [0.2, 0.25) is 5.15 Å². The van der Waals surface area contributed by atoms with Gasteiger partial charge in [-0.1, -0.05) is 72.3 Å². The van der Waals surface area contributed by atoms with Crippen LogP contribution in [0.4, 0.5) is 0 Å². The molecule has 0 aliphatic heterocycles. The van der Waals surface area contributed by atoms with Crippen molar-refractivity contribution in [2.75, 3.05) is 0 Å². The van der Waals surface area contributed by atoms with Crippen LogP contribution in [0.5, 0.6) is 0 Å². The minimum Gasteiger partial charge on any atom is -0.346 e. The number of aromatic nitrogens is 2. The maximum Gasteiger partial charge on any atom is 0.244 e. The van der Waals surface area contributed by atoms with E-state index >= 15 is 0 Å². The molecule has 0 bridgehead atoms. The van der Waals surface area contributed by atoms with Gasteiger partial charge in [-0.2, -0.15) is 5.10 Å². The smallest absolute Gasteiger partial charge is 0.244 e. The molecule has 0 radical (unpaired) electrons. The number of hydrogen-bond acceptors (Lipinski definition) is 2. The summed E-state index contributed by atoms with van der Waals surface area (Å²) in [5.41, 5.74) is 3.72. The molecule has 0 aliphatic rings. The number of carbonyl (C=O) groups excluding carboxylic acids is 1. The third-order valence-electron chi connectivity index (χ3n) is 4.34. The summed E-state index contributed by atoms with van der Waals surface area (Å²) in [6, 6.07) is 19.8. The van der Waals surface area contributed by atoms with Crippen molar-refractivity contribution in [3.8, 4) is 0 Å². The maximum atomic E-state index is 12.3. The molecule has 0 saturated heterocycles. The lowest BCUT2D eigenvalue weighted by Gasteiger charge is -2.12. The van der Waals surface area contributed by atoms with Gasteiger partial charge in [-0.25, -0.2) is 4.68 Å². The average Bonchev–Trinajstić information content (AvgIpc) is 2.94. The Labute approximate surface area is 164 Å². The number of nitrogens with zero attached hydrogens (tertiary/aromatic N) is 2. The second-order valence-corrected chi connectivity index (χ2v) is 6.77. The zero-order chi connectivity index (χ0) is 19.2. The molecule has 5 heteroatoms. The molecule has 1 N–H and O–H groups in total. The van der Waals surface area contributed by atoms with E-state index in [2.05, 4.69) is 10.4 Å². The molecule has 138 valence electrons. The lowest BCUT2D eigenvalue weighted by molar-refractivity contribution is -0.117. The lowest BCUT2D eigenvalue weighted by Crippen LogP contribution is -2.24. The first-order chi connectivity index (χ1) is 13.0. The van der Waals surface area contributed by atoms with Gasteiger partial charge in [-0.15, -0.1) is 0 Å². The number of amides is 1. The summed E-state index contributed by atoms with van der Waals surface area (Å²) in [6.45, 7) is 4.43. The highest BCUT2D eigenvalue weighted by atomic mass is 35.5. The number of benzene rings is 2. The fourth-order valence-corrected chi connectivity index (χ4v) is 3.16.